The monoisotopic (exact) mass is 243 g/mol. The lowest BCUT2D eigenvalue weighted by Crippen LogP contribution is -2.33. The van der Waals surface area contributed by atoms with E-state index in [1.54, 1.807) is 12.1 Å². The first-order chi connectivity index (χ1) is 8.65. The highest BCUT2D eigenvalue weighted by molar-refractivity contribution is 5.91. The topological polar surface area (TPSA) is 42.2 Å². The molecule has 0 aliphatic rings. The molecule has 1 N–H and O–H groups in total. The molecule has 0 saturated heterocycles. The highest BCUT2D eigenvalue weighted by Crippen LogP contribution is 2.07. The Bertz CT molecular complexity index is 516. The number of hydrogen-bond donors (Lipinski definition) is 1. The SMILES string of the molecule is Cc1ccc(C(=O)NC(C)Cc2ccccc2)o1. The van der Waals surface area contributed by atoms with Gasteiger partial charge in [0.05, 0.1) is 0 Å². The van der Waals surface area contributed by atoms with Gasteiger partial charge in [-0.2, -0.15) is 0 Å². The van der Waals surface area contributed by atoms with Crippen LogP contribution in [-0.4, -0.2) is 11.9 Å². The molecule has 1 aromatic carbocycles. The first kappa shape index (κ1) is 12.4. The summed E-state index contributed by atoms with van der Waals surface area (Å²) in [5, 5.41) is 2.93. The third-order valence-electron chi connectivity index (χ3n) is 2.73. The van der Waals surface area contributed by atoms with Crippen LogP contribution in [0.5, 0.6) is 0 Å². The molecule has 1 unspecified atom stereocenters. The molecule has 1 aromatic heterocycles. The number of hydrogen-bond acceptors (Lipinski definition) is 2. The van der Waals surface area contributed by atoms with Gasteiger partial charge in [0.2, 0.25) is 0 Å². The Morgan fingerprint density at radius 3 is 2.56 bits per heavy atom. The van der Waals surface area contributed by atoms with Gasteiger partial charge in [0, 0.05) is 6.04 Å². The number of amides is 1. The summed E-state index contributed by atoms with van der Waals surface area (Å²) < 4.78 is 5.28. The molecule has 2 rings (SSSR count). The smallest absolute Gasteiger partial charge is 0.287 e. The molecule has 1 amide bonds. The predicted molar refractivity (Wildman–Crippen MR) is 70.5 cm³/mol. The largest absolute Gasteiger partial charge is 0.456 e. The number of benzene rings is 1. The van der Waals surface area contributed by atoms with Gasteiger partial charge in [0.25, 0.3) is 5.91 Å². The summed E-state index contributed by atoms with van der Waals surface area (Å²) in [4.78, 5) is 11.9. The number of rotatable bonds is 4. The zero-order valence-electron chi connectivity index (χ0n) is 10.6. The molecule has 2 aromatic rings. The summed E-state index contributed by atoms with van der Waals surface area (Å²) in [6.45, 7) is 3.81. The summed E-state index contributed by atoms with van der Waals surface area (Å²) in [6, 6.07) is 13.7. The standard InChI is InChI=1S/C15H17NO2/c1-11(10-13-6-4-3-5-7-13)16-15(17)14-9-8-12(2)18-14/h3-9,11H,10H2,1-2H3,(H,16,17). The second-order valence-electron chi connectivity index (χ2n) is 4.47. The highest BCUT2D eigenvalue weighted by atomic mass is 16.3. The highest BCUT2D eigenvalue weighted by Gasteiger charge is 2.13. The summed E-state index contributed by atoms with van der Waals surface area (Å²) in [5.74, 6) is 0.954. The maximum atomic E-state index is 11.9. The molecule has 0 spiro atoms. The summed E-state index contributed by atoms with van der Waals surface area (Å²) in [6.07, 6.45) is 0.812. The molecule has 0 radical (unpaired) electrons. The Morgan fingerprint density at radius 1 is 1.22 bits per heavy atom. The van der Waals surface area contributed by atoms with E-state index in [1.807, 2.05) is 32.0 Å². The van der Waals surface area contributed by atoms with Gasteiger partial charge in [0.15, 0.2) is 5.76 Å². The van der Waals surface area contributed by atoms with Crippen LogP contribution in [0, 0.1) is 6.92 Å². The molecular weight excluding hydrogens is 226 g/mol. The van der Waals surface area contributed by atoms with E-state index in [2.05, 4.69) is 17.4 Å². The van der Waals surface area contributed by atoms with Crippen LogP contribution >= 0.6 is 0 Å². The van der Waals surface area contributed by atoms with Crippen molar-refractivity contribution in [3.63, 3.8) is 0 Å². The fourth-order valence-electron chi connectivity index (χ4n) is 1.87. The first-order valence-corrected chi connectivity index (χ1v) is 6.06. The molecule has 0 aliphatic carbocycles. The lowest BCUT2D eigenvalue weighted by Gasteiger charge is -2.12. The zero-order valence-corrected chi connectivity index (χ0v) is 10.6. The Kier molecular flexibility index (Phi) is 3.82. The number of carbonyl (C=O) groups excluding carboxylic acids is 1. The minimum Gasteiger partial charge on any atom is -0.456 e. The van der Waals surface area contributed by atoms with Crippen molar-refractivity contribution in [2.24, 2.45) is 0 Å². The Hall–Kier alpha value is -2.03. The Morgan fingerprint density at radius 2 is 1.94 bits per heavy atom. The van der Waals surface area contributed by atoms with Crippen molar-refractivity contribution in [3.8, 4) is 0 Å². The molecule has 3 nitrogen and oxygen atoms in total. The van der Waals surface area contributed by atoms with E-state index in [0.29, 0.717) is 5.76 Å². The van der Waals surface area contributed by atoms with Gasteiger partial charge >= 0.3 is 0 Å². The molecule has 1 atom stereocenters. The van der Waals surface area contributed by atoms with Gasteiger partial charge in [-0.15, -0.1) is 0 Å². The molecule has 1 heterocycles. The van der Waals surface area contributed by atoms with Gasteiger partial charge in [-0.1, -0.05) is 30.3 Å². The van der Waals surface area contributed by atoms with E-state index in [9.17, 15) is 4.79 Å². The van der Waals surface area contributed by atoms with Crippen LogP contribution in [0.15, 0.2) is 46.9 Å². The molecule has 94 valence electrons. The van der Waals surface area contributed by atoms with Crippen molar-refractivity contribution in [2.75, 3.05) is 0 Å². The number of carbonyl (C=O) groups is 1. The fraction of sp³-hybridized carbons (Fsp3) is 0.267. The molecular formula is C15H17NO2. The van der Waals surface area contributed by atoms with E-state index < -0.39 is 0 Å². The first-order valence-electron chi connectivity index (χ1n) is 6.06. The van der Waals surface area contributed by atoms with Gasteiger partial charge in [-0.3, -0.25) is 4.79 Å². The lowest BCUT2D eigenvalue weighted by molar-refractivity contribution is 0.0911. The zero-order chi connectivity index (χ0) is 13.0. The Balaban J connectivity index is 1.92. The van der Waals surface area contributed by atoms with Crippen molar-refractivity contribution in [1.29, 1.82) is 0 Å². The van der Waals surface area contributed by atoms with Crippen molar-refractivity contribution in [2.45, 2.75) is 26.3 Å². The van der Waals surface area contributed by atoms with Gasteiger partial charge in [-0.25, -0.2) is 0 Å². The molecule has 0 saturated carbocycles. The summed E-state index contributed by atoms with van der Waals surface area (Å²) >= 11 is 0. The van der Waals surface area contributed by atoms with E-state index >= 15 is 0 Å². The summed E-state index contributed by atoms with van der Waals surface area (Å²) in [7, 11) is 0. The third kappa shape index (κ3) is 3.23. The van der Waals surface area contributed by atoms with E-state index in [4.69, 9.17) is 4.42 Å². The van der Waals surface area contributed by atoms with E-state index in [0.717, 1.165) is 12.2 Å². The molecule has 3 heteroatoms. The second-order valence-corrected chi connectivity index (χ2v) is 4.47. The minimum absolute atomic E-state index is 0.0744. The number of furan rings is 1. The van der Waals surface area contributed by atoms with Crippen LogP contribution in [-0.2, 0) is 6.42 Å². The van der Waals surface area contributed by atoms with Gasteiger partial charge in [-0.05, 0) is 38.0 Å². The lowest BCUT2D eigenvalue weighted by atomic mass is 10.1. The van der Waals surface area contributed by atoms with E-state index in [-0.39, 0.29) is 11.9 Å². The Labute approximate surface area is 107 Å². The fourth-order valence-corrected chi connectivity index (χ4v) is 1.87. The number of nitrogens with one attached hydrogen (secondary N) is 1. The average molecular weight is 243 g/mol. The minimum atomic E-state index is -0.161. The third-order valence-corrected chi connectivity index (χ3v) is 2.73. The normalized spacial score (nSPS) is 12.1. The van der Waals surface area contributed by atoms with Crippen LogP contribution in [0.3, 0.4) is 0 Å². The van der Waals surface area contributed by atoms with Gasteiger partial charge < -0.3 is 9.73 Å². The van der Waals surface area contributed by atoms with Crippen LogP contribution in [0.2, 0.25) is 0 Å². The quantitative estimate of drug-likeness (QED) is 0.897. The average Bonchev–Trinajstić information content (AvgIpc) is 2.77. The predicted octanol–water partition coefficient (Wildman–Crippen LogP) is 2.95. The van der Waals surface area contributed by atoms with Gasteiger partial charge in [0.1, 0.15) is 5.76 Å². The van der Waals surface area contributed by atoms with Crippen LogP contribution in [0.25, 0.3) is 0 Å². The molecule has 0 aliphatic heterocycles. The van der Waals surface area contributed by atoms with Crippen molar-refractivity contribution >= 4 is 5.91 Å². The molecule has 0 fully saturated rings. The van der Waals surface area contributed by atoms with Crippen molar-refractivity contribution in [3.05, 3.63) is 59.5 Å². The van der Waals surface area contributed by atoms with Crippen molar-refractivity contribution < 1.29 is 9.21 Å². The maximum Gasteiger partial charge on any atom is 0.287 e. The van der Waals surface area contributed by atoms with E-state index in [1.165, 1.54) is 5.56 Å². The van der Waals surface area contributed by atoms with Crippen LogP contribution in [0.1, 0.15) is 28.8 Å². The maximum absolute atomic E-state index is 11.9. The van der Waals surface area contributed by atoms with Crippen LogP contribution < -0.4 is 5.32 Å². The molecule has 0 bridgehead atoms. The van der Waals surface area contributed by atoms with Crippen molar-refractivity contribution in [1.82, 2.24) is 5.32 Å². The molecule has 18 heavy (non-hydrogen) atoms. The summed E-state index contributed by atoms with van der Waals surface area (Å²) in [5.41, 5.74) is 1.21. The number of aryl methyl sites for hydroxylation is 1. The second kappa shape index (κ2) is 5.54. The van der Waals surface area contributed by atoms with Crippen LogP contribution in [0.4, 0.5) is 0 Å².